The van der Waals surface area contributed by atoms with Gasteiger partial charge in [-0.3, -0.25) is 0 Å². The quantitative estimate of drug-likeness (QED) is 0.243. The Bertz CT molecular complexity index is 584. The third kappa shape index (κ3) is 6.27. The number of hydrogen-bond donors (Lipinski definition) is 0. The standard InChI is InChI=1S/C24H36F2Si/c1-2-3-4-15-27-16-13-20(14-17-27)6-5-19-7-9-21(10-8-19)22-11-12-23(25)24(26)18-22/h2,11-12,18-21,27H,1,3-10,13-17H2. The first-order valence-corrected chi connectivity index (χ1v) is 13.7. The average molecular weight is 391 g/mol. The molecule has 2 fully saturated rings. The first-order valence-electron chi connectivity index (χ1n) is 11.2. The van der Waals surface area contributed by atoms with Crippen molar-refractivity contribution in [2.45, 2.75) is 88.3 Å². The van der Waals surface area contributed by atoms with Crippen molar-refractivity contribution in [3.05, 3.63) is 48.1 Å². The van der Waals surface area contributed by atoms with Gasteiger partial charge in [-0.05, 0) is 67.6 Å². The molecule has 0 N–H and O–H groups in total. The van der Waals surface area contributed by atoms with Crippen molar-refractivity contribution < 1.29 is 8.78 Å². The molecule has 1 saturated heterocycles. The number of rotatable bonds is 8. The van der Waals surface area contributed by atoms with Crippen LogP contribution in [0.3, 0.4) is 0 Å². The van der Waals surface area contributed by atoms with Gasteiger partial charge in [0.2, 0.25) is 0 Å². The molecule has 1 heterocycles. The first kappa shape index (κ1) is 20.8. The normalized spacial score (nSPS) is 28.8. The number of allylic oxidation sites excluding steroid dienone is 1. The number of unbranched alkanes of at least 4 members (excludes halogenated alkanes) is 1. The van der Waals surface area contributed by atoms with E-state index in [0.717, 1.165) is 30.2 Å². The van der Waals surface area contributed by atoms with Crippen LogP contribution in [0.15, 0.2) is 30.9 Å². The van der Waals surface area contributed by atoms with Crippen molar-refractivity contribution >= 4 is 8.80 Å². The summed E-state index contributed by atoms with van der Waals surface area (Å²) in [5, 5.41) is 0. The van der Waals surface area contributed by atoms with Crippen LogP contribution in [0.5, 0.6) is 0 Å². The SMILES string of the molecule is C=CCCC[SiH]1CCC(CCC2CCC(c3ccc(F)c(F)c3)CC2)CC1. The predicted octanol–water partition coefficient (Wildman–Crippen LogP) is 7.62. The van der Waals surface area contributed by atoms with E-state index in [1.165, 1.54) is 69.5 Å². The van der Waals surface area contributed by atoms with E-state index >= 15 is 0 Å². The van der Waals surface area contributed by atoms with Crippen LogP contribution in [0.2, 0.25) is 18.1 Å². The molecule has 0 amide bonds. The van der Waals surface area contributed by atoms with Gasteiger partial charge in [0, 0.05) is 8.80 Å². The predicted molar refractivity (Wildman–Crippen MR) is 114 cm³/mol. The van der Waals surface area contributed by atoms with Gasteiger partial charge in [0.05, 0.1) is 0 Å². The topological polar surface area (TPSA) is 0 Å². The molecule has 150 valence electrons. The van der Waals surface area contributed by atoms with E-state index in [-0.39, 0.29) is 0 Å². The van der Waals surface area contributed by atoms with E-state index in [0.29, 0.717) is 5.92 Å². The lowest BCUT2D eigenvalue weighted by Gasteiger charge is -2.32. The summed E-state index contributed by atoms with van der Waals surface area (Å²) in [5.74, 6) is 0.837. The van der Waals surface area contributed by atoms with Gasteiger partial charge in [-0.25, -0.2) is 8.78 Å². The molecule has 0 atom stereocenters. The Kier molecular flexibility index (Phi) is 8.11. The number of hydrogen-bond acceptors (Lipinski definition) is 0. The summed E-state index contributed by atoms with van der Waals surface area (Å²) in [5.41, 5.74) is 0.993. The van der Waals surface area contributed by atoms with Crippen LogP contribution in [0.25, 0.3) is 0 Å². The zero-order chi connectivity index (χ0) is 19.1. The zero-order valence-corrected chi connectivity index (χ0v) is 17.9. The van der Waals surface area contributed by atoms with Crippen LogP contribution in [-0.2, 0) is 0 Å². The maximum absolute atomic E-state index is 13.5. The summed E-state index contributed by atoms with van der Waals surface area (Å²) in [6.07, 6.45) is 15.3. The summed E-state index contributed by atoms with van der Waals surface area (Å²) in [7, 11) is -0.412. The lowest BCUT2D eigenvalue weighted by Crippen LogP contribution is -2.22. The first-order chi connectivity index (χ1) is 13.2. The molecule has 3 rings (SSSR count). The maximum atomic E-state index is 13.5. The highest BCUT2D eigenvalue weighted by Gasteiger charge is 2.26. The van der Waals surface area contributed by atoms with Gasteiger partial charge in [-0.1, -0.05) is 62.4 Å². The summed E-state index contributed by atoms with van der Waals surface area (Å²) in [4.78, 5) is 0. The van der Waals surface area contributed by atoms with Crippen LogP contribution in [-0.4, -0.2) is 8.80 Å². The Hall–Kier alpha value is -0.963. The highest BCUT2D eigenvalue weighted by Crippen LogP contribution is 2.39. The van der Waals surface area contributed by atoms with Crippen molar-refractivity contribution in [2.75, 3.05) is 0 Å². The van der Waals surface area contributed by atoms with Crippen LogP contribution in [0, 0.1) is 23.5 Å². The van der Waals surface area contributed by atoms with Crippen molar-refractivity contribution in [1.82, 2.24) is 0 Å². The highest BCUT2D eigenvalue weighted by molar-refractivity contribution is 6.58. The van der Waals surface area contributed by atoms with Crippen LogP contribution < -0.4 is 0 Å². The monoisotopic (exact) mass is 390 g/mol. The van der Waals surface area contributed by atoms with Gasteiger partial charge < -0.3 is 0 Å². The summed E-state index contributed by atoms with van der Waals surface area (Å²) in [6, 6.07) is 9.16. The van der Waals surface area contributed by atoms with Crippen molar-refractivity contribution in [3.63, 3.8) is 0 Å². The molecule has 0 aromatic heterocycles. The zero-order valence-electron chi connectivity index (χ0n) is 16.8. The van der Waals surface area contributed by atoms with Gasteiger partial charge in [-0.2, -0.15) is 0 Å². The van der Waals surface area contributed by atoms with Crippen LogP contribution in [0.4, 0.5) is 8.78 Å². The van der Waals surface area contributed by atoms with Crippen LogP contribution in [0.1, 0.15) is 75.7 Å². The molecular weight excluding hydrogens is 354 g/mol. The fourth-order valence-corrected chi connectivity index (χ4v) is 8.95. The smallest absolute Gasteiger partial charge is 0.159 e. The molecule has 1 aromatic rings. The molecule has 0 spiro atoms. The molecule has 0 unspecified atom stereocenters. The van der Waals surface area contributed by atoms with Gasteiger partial charge in [0.25, 0.3) is 0 Å². The lowest BCUT2D eigenvalue weighted by molar-refractivity contribution is 0.280. The fourth-order valence-electron chi connectivity index (χ4n) is 5.38. The van der Waals surface area contributed by atoms with Crippen molar-refractivity contribution in [3.8, 4) is 0 Å². The van der Waals surface area contributed by atoms with Gasteiger partial charge in [0.15, 0.2) is 11.6 Å². The molecule has 1 aliphatic heterocycles. The molecule has 0 nitrogen and oxygen atoms in total. The van der Waals surface area contributed by atoms with Crippen molar-refractivity contribution in [1.29, 1.82) is 0 Å². The van der Waals surface area contributed by atoms with Gasteiger partial charge >= 0.3 is 0 Å². The minimum absolute atomic E-state index is 0.412. The molecule has 2 aliphatic rings. The van der Waals surface area contributed by atoms with Crippen LogP contribution >= 0.6 is 0 Å². The second-order valence-corrected chi connectivity index (χ2v) is 12.5. The fraction of sp³-hybridized carbons (Fsp3) is 0.667. The Morgan fingerprint density at radius 3 is 2.22 bits per heavy atom. The number of halogens is 2. The minimum atomic E-state index is -0.731. The molecule has 1 saturated carbocycles. The summed E-state index contributed by atoms with van der Waals surface area (Å²) >= 11 is 0. The van der Waals surface area contributed by atoms with E-state index in [2.05, 4.69) is 12.7 Å². The lowest BCUT2D eigenvalue weighted by atomic mass is 9.76. The van der Waals surface area contributed by atoms with E-state index in [4.69, 9.17) is 0 Å². The molecule has 1 aliphatic carbocycles. The number of benzene rings is 1. The Morgan fingerprint density at radius 2 is 1.59 bits per heavy atom. The van der Waals surface area contributed by atoms with E-state index in [1.807, 2.05) is 0 Å². The summed E-state index contributed by atoms with van der Waals surface area (Å²) < 4.78 is 26.6. The molecular formula is C24H36F2Si. The van der Waals surface area contributed by atoms with Gasteiger partial charge in [0.1, 0.15) is 0 Å². The molecule has 3 heteroatoms. The minimum Gasteiger partial charge on any atom is -0.204 e. The molecule has 0 bridgehead atoms. The second-order valence-electron chi connectivity index (χ2n) is 9.07. The van der Waals surface area contributed by atoms with E-state index in [9.17, 15) is 8.78 Å². The average Bonchev–Trinajstić information content (AvgIpc) is 2.70. The van der Waals surface area contributed by atoms with Crippen molar-refractivity contribution in [2.24, 2.45) is 11.8 Å². The Labute approximate surface area is 166 Å². The molecule has 1 aromatic carbocycles. The molecule has 0 radical (unpaired) electrons. The largest absolute Gasteiger partial charge is 0.204 e. The third-order valence-corrected chi connectivity index (χ3v) is 10.8. The Morgan fingerprint density at radius 1 is 0.926 bits per heavy atom. The van der Waals surface area contributed by atoms with E-state index < -0.39 is 20.4 Å². The van der Waals surface area contributed by atoms with E-state index in [1.54, 1.807) is 18.2 Å². The maximum Gasteiger partial charge on any atom is 0.159 e. The second kappa shape index (κ2) is 10.5. The summed E-state index contributed by atoms with van der Waals surface area (Å²) in [6.45, 7) is 3.84. The highest BCUT2D eigenvalue weighted by atomic mass is 28.3. The van der Waals surface area contributed by atoms with Gasteiger partial charge in [-0.15, -0.1) is 6.58 Å². The molecule has 27 heavy (non-hydrogen) atoms. The Balaban J connectivity index is 1.33. The third-order valence-electron chi connectivity index (χ3n) is 7.23.